The summed E-state index contributed by atoms with van der Waals surface area (Å²) >= 11 is 1.50. The van der Waals surface area contributed by atoms with Crippen LogP contribution >= 0.6 is 11.3 Å². The van der Waals surface area contributed by atoms with Gasteiger partial charge < -0.3 is 15.1 Å². The molecule has 0 aliphatic carbocycles. The lowest BCUT2D eigenvalue weighted by molar-refractivity contribution is -0.137. The number of nitrogens with zero attached hydrogens (tertiary/aromatic N) is 3. The van der Waals surface area contributed by atoms with Crippen molar-refractivity contribution in [2.24, 2.45) is 0 Å². The molecule has 0 fully saturated rings. The van der Waals surface area contributed by atoms with Crippen LogP contribution in [0.5, 0.6) is 0 Å². The van der Waals surface area contributed by atoms with Gasteiger partial charge in [-0.05, 0) is 47.3 Å². The SMILES string of the molecule is CC(=O)Nc1cc(Cc2sccc2-c2nnc(Nc3cccc(C(F)(F)F)c3)o2)ccn1. The number of aromatic nitrogens is 3. The monoisotopic (exact) mass is 459 g/mol. The number of rotatable bonds is 6. The van der Waals surface area contributed by atoms with Crippen LogP contribution in [-0.4, -0.2) is 21.1 Å². The number of anilines is 3. The fourth-order valence-electron chi connectivity index (χ4n) is 2.97. The minimum atomic E-state index is -4.45. The molecule has 0 aliphatic heterocycles. The number of carbonyl (C=O) groups excluding carboxylic acids is 1. The highest BCUT2D eigenvalue weighted by Crippen LogP contribution is 2.33. The van der Waals surface area contributed by atoms with E-state index in [4.69, 9.17) is 4.42 Å². The number of nitrogens with one attached hydrogen (secondary N) is 2. The maximum Gasteiger partial charge on any atom is 0.416 e. The second-order valence-electron chi connectivity index (χ2n) is 6.78. The van der Waals surface area contributed by atoms with E-state index in [0.717, 1.165) is 28.1 Å². The number of alkyl halides is 3. The summed E-state index contributed by atoms with van der Waals surface area (Å²) in [5.41, 5.74) is 1.05. The highest BCUT2D eigenvalue weighted by atomic mass is 32.1. The van der Waals surface area contributed by atoms with Crippen LogP contribution < -0.4 is 10.6 Å². The Balaban J connectivity index is 1.52. The van der Waals surface area contributed by atoms with Gasteiger partial charge in [0.05, 0.1) is 11.1 Å². The van der Waals surface area contributed by atoms with Crippen LogP contribution in [0.3, 0.4) is 0 Å². The van der Waals surface area contributed by atoms with Crippen molar-refractivity contribution in [3.05, 3.63) is 70.0 Å². The minimum Gasteiger partial charge on any atom is -0.403 e. The minimum absolute atomic E-state index is 0.0201. The Morgan fingerprint density at radius 3 is 2.78 bits per heavy atom. The molecule has 0 aliphatic rings. The van der Waals surface area contributed by atoms with Crippen LogP contribution in [0.2, 0.25) is 0 Å². The lowest BCUT2D eigenvalue weighted by Gasteiger charge is -2.08. The molecule has 4 rings (SSSR count). The average Bonchev–Trinajstić information content (AvgIpc) is 3.36. The Bertz CT molecular complexity index is 1250. The molecule has 0 spiro atoms. The molecule has 1 aromatic carbocycles. The second kappa shape index (κ2) is 8.79. The second-order valence-corrected chi connectivity index (χ2v) is 7.78. The van der Waals surface area contributed by atoms with Gasteiger partial charge in [0.1, 0.15) is 5.82 Å². The third kappa shape index (κ3) is 5.11. The molecule has 0 unspecified atom stereocenters. The van der Waals surface area contributed by atoms with Crippen molar-refractivity contribution in [3.8, 4) is 11.5 Å². The molecule has 4 aromatic rings. The van der Waals surface area contributed by atoms with E-state index in [1.165, 1.54) is 30.4 Å². The normalized spacial score (nSPS) is 11.4. The van der Waals surface area contributed by atoms with Gasteiger partial charge >= 0.3 is 12.2 Å². The van der Waals surface area contributed by atoms with Crippen LogP contribution in [0.15, 0.2) is 58.5 Å². The molecule has 0 saturated heterocycles. The summed E-state index contributed by atoms with van der Waals surface area (Å²) in [6.07, 6.45) is -2.30. The zero-order chi connectivity index (χ0) is 22.7. The van der Waals surface area contributed by atoms with Crippen molar-refractivity contribution >= 4 is 34.8 Å². The molecule has 2 N–H and O–H groups in total. The highest BCUT2D eigenvalue weighted by Gasteiger charge is 2.30. The number of hydrogen-bond acceptors (Lipinski definition) is 7. The van der Waals surface area contributed by atoms with E-state index in [0.29, 0.717) is 12.2 Å². The maximum atomic E-state index is 12.9. The zero-order valence-corrected chi connectivity index (χ0v) is 17.4. The van der Waals surface area contributed by atoms with Crippen LogP contribution in [0.4, 0.5) is 30.7 Å². The fourth-order valence-corrected chi connectivity index (χ4v) is 3.87. The van der Waals surface area contributed by atoms with Crippen molar-refractivity contribution in [1.82, 2.24) is 15.2 Å². The number of thiophene rings is 1. The van der Waals surface area contributed by atoms with E-state index in [2.05, 4.69) is 25.8 Å². The topological polar surface area (TPSA) is 92.9 Å². The molecule has 0 atom stereocenters. The molecule has 0 bridgehead atoms. The summed E-state index contributed by atoms with van der Waals surface area (Å²) in [4.78, 5) is 16.3. The van der Waals surface area contributed by atoms with Crippen LogP contribution in [-0.2, 0) is 17.4 Å². The molecular formula is C21H16F3N5O2S. The van der Waals surface area contributed by atoms with Gasteiger partial charge in [-0.2, -0.15) is 13.2 Å². The summed E-state index contributed by atoms with van der Waals surface area (Å²) in [6.45, 7) is 1.41. The fraction of sp³-hybridized carbons (Fsp3) is 0.143. The predicted octanol–water partition coefficient (Wildman–Crippen LogP) is 5.50. The predicted molar refractivity (Wildman–Crippen MR) is 114 cm³/mol. The number of amides is 1. The van der Waals surface area contributed by atoms with E-state index in [-0.39, 0.29) is 23.5 Å². The Morgan fingerprint density at radius 2 is 2.00 bits per heavy atom. The van der Waals surface area contributed by atoms with E-state index in [1.807, 2.05) is 17.5 Å². The molecule has 3 aromatic heterocycles. The van der Waals surface area contributed by atoms with Crippen molar-refractivity contribution in [1.29, 1.82) is 0 Å². The summed E-state index contributed by atoms with van der Waals surface area (Å²) in [7, 11) is 0. The van der Waals surface area contributed by atoms with Gasteiger partial charge in [0.2, 0.25) is 5.91 Å². The van der Waals surface area contributed by atoms with Crippen molar-refractivity contribution < 1.29 is 22.4 Å². The third-order valence-electron chi connectivity index (χ3n) is 4.34. The Hall–Kier alpha value is -3.73. The Morgan fingerprint density at radius 1 is 1.16 bits per heavy atom. The standard InChI is InChI=1S/C21H16F3N5O2S/c1-12(30)26-18-10-13(5-7-25-18)9-17-16(6-8-32-17)19-28-29-20(31-19)27-15-4-2-3-14(11-15)21(22,23)24/h2-8,10-11H,9H2,1H3,(H,27,29)(H,25,26,30). The van der Waals surface area contributed by atoms with E-state index < -0.39 is 11.7 Å². The van der Waals surface area contributed by atoms with Gasteiger partial charge in [-0.25, -0.2) is 4.98 Å². The first-order valence-electron chi connectivity index (χ1n) is 9.35. The van der Waals surface area contributed by atoms with Gasteiger partial charge in [0.25, 0.3) is 5.89 Å². The Kier molecular flexibility index (Phi) is 5.91. The lowest BCUT2D eigenvalue weighted by Crippen LogP contribution is -2.07. The van der Waals surface area contributed by atoms with Gasteiger partial charge in [0, 0.05) is 30.1 Å². The van der Waals surface area contributed by atoms with Gasteiger partial charge in [-0.1, -0.05) is 11.2 Å². The summed E-state index contributed by atoms with van der Waals surface area (Å²) in [6, 6.07) is 10.1. The summed E-state index contributed by atoms with van der Waals surface area (Å²) in [5, 5.41) is 15.1. The van der Waals surface area contributed by atoms with Gasteiger partial charge in [-0.15, -0.1) is 16.4 Å². The van der Waals surface area contributed by atoms with Crippen molar-refractivity contribution in [3.63, 3.8) is 0 Å². The van der Waals surface area contributed by atoms with Crippen LogP contribution in [0.1, 0.15) is 22.9 Å². The first kappa shape index (κ1) is 21.5. The number of benzene rings is 1. The summed E-state index contributed by atoms with van der Waals surface area (Å²) < 4.78 is 44.3. The van der Waals surface area contributed by atoms with Crippen molar-refractivity contribution in [2.75, 3.05) is 10.6 Å². The van der Waals surface area contributed by atoms with Crippen LogP contribution in [0.25, 0.3) is 11.5 Å². The number of halogens is 3. The highest BCUT2D eigenvalue weighted by molar-refractivity contribution is 7.10. The average molecular weight is 459 g/mol. The molecule has 11 heteroatoms. The van der Waals surface area contributed by atoms with E-state index in [1.54, 1.807) is 12.3 Å². The largest absolute Gasteiger partial charge is 0.416 e. The molecule has 1 amide bonds. The Labute approximate surface area is 184 Å². The molecule has 3 heterocycles. The number of carbonyl (C=O) groups is 1. The van der Waals surface area contributed by atoms with Crippen LogP contribution in [0, 0.1) is 0 Å². The maximum absolute atomic E-state index is 12.9. The third-order valence-corrected chi connectivity index (χ3v) is 5.26. The summed E-state index contributed by atoms with van der Waals surface area (Å²) in [5.74, 6) is 0.489. The number of hydrogen-bond donors (Lipinski definition) is 2. The lowest BCUT2D eigenvalue weighted by atomic mass is 10.1. The first-order valence-corrected chi connectivity index (χ1v) is 10.2. The molecule has 164 valence electrons. The zero-order valence-electron chi connectivity index (χ0n) is 16.6. The van der Waals surface area contributed by atoms with E-state index in [9.17, 15) is 18.0 Å². The first-order chi connectivity index (χ1) is 15.3. The molecule has 7 nitrogen and oxygen atoms in total. The quantitative estimate of drug-likeness (QED) is 0.395. The van der Waals surface area contributed by atoms with Gasteiger partial charge in [0.15, 0.2) is 0 Å². The molecule has 0 radical (unpaired) electrons. The molecule has 0 saturated carbocycles. The van der Waals surface area contributed by atoms with E-state index >= 15 is 0 Å². The van der Waals surface area contributed by atoms with Crippen molar-refractivity contribution in [2.45, 2.75) is 19.5 Å². The molecular weight excluding hydrogens is 443 g/mol. The molecule has 32 heavy (non-hydrogen) atoms. The smallest absolute Gasteiger partial charge is 0.403 e. The number of pyridine rings is 1. The van der Waals surface area contributed by atoms with Gasteiger partial charge in [-0.3, -0.25) is 4.79 Å².